The van der Waals surface area contributed by atoms with Crippen LogP contribution in [0.4, 0.5) is 0 Å². The minimum Gasteiger partial charge on any atom is -0.304 e. The van der Waals surface area contributed by atoms with Crippen molar-refractivity contribution in [1.82, 2.24) is 15.2 Å². The summed E-state index contributed by atoms with van der Waals surface area (Å²) in [5, 5.41) is 0. The molecule has 1 heterocycles. The van der Waals surface area contributed by atoms with Crippen molar-refractivity contribution in [3.8, 4) is 0 Å². The molecule has 4 nitrogen and oxygen atoms in total. The third-order valence-electron chi connectivity index (χ3n) is 4.50. The Morgan fingerprint density at radius 2 is 2.05 bits per heavy atom. The number of piperazine rings is 1. The molecule has 1 aliphatic rings. The maximum atomic E-state index is 5.84. The van der Waals surface area contributed by atoms with Gasteiger partial charge >= 0.3 is 0 Å². The Hall–Kier alpha value is -0.940. The highest BCUT2D eigenvalue weighted by Gasteiger charge is 2.26. The van der Waals surface area contributed by atoms with Gasteiger partial charge in [0.15, 0.2) is 0 Å². The van der Waals surface area contributed by atoms with E-state index in [0.29, 0.717) is 6.04 Å². The van der Waals surface area contributed by atoms with Gasteiger partial charge in [-0.25, -0.2) is 0 Å². The van der Waals surface area contributed by atoms with Gasteiger partial charge in [0.25, 0.3) is 0 Å². The van der Waals surface area contributed by atoms with Crippen molar-refractivity contribution in [3.05, 3.63) is 34.9 Å². The number of hydrazine groups is 1. The van der Waals surface area contributed by atoms with Crippen LogP contribution < -0.4 is 11.3 Å². The maximum absolute atomic E-state index is 5.84. The molecule has 3 N–H and O–H groups in total. The zero-order valence-electron chi connectivity index (χ0n) is 13.2. The third kappa shape index (κ3) is 3.58. The molecule has 2 unspecified atom stereocenters. The summed E-state index contributed by atoms with van der Waals surface area (Å²) in [5.74, 6) is 5.84. The van der Waals surface area contributed by atoms with Crippen LogP contribution in [0.15, 0.2) is 18.2 Å². The molecule has 0 aliphatic carbocycles. The Labute approximate surface area is 122 Å². The molecule has 0 radical (unpaired) electrons. The van der Waals surface area contributed by atoms with E-state index in [0.717, 1.165) is 26.1 Å². The van der Waals surface area contributed by atoms with Gasteiger partial charge < -0.3 is 9.80 Å². The van der Waals surface area contributed by atoms with Crippen LogP contribution in [0.25, 0.3) is 0 Å². The zero-order valence-corrected chi connectivity index (χ0v) is 13.2. The summed E-state index contributed by atoms with van der Waals surface area (Å²) in [4.78, 5) is 4.86. The van der Waals surface area contributed by atoms with E-state index in [1.54, 1.807) is 0 Å². The van der Waals surface area contributed by atoms with Crippen LogP contribution in [0.5, 0.6) is 0 Å². The third-order valence-corrected chi connectivity index (χ3v) is 4.50. The Morgan fingerprint density at radius 1 is 1.30 bits per heavy atom. The monoisotopic (exact) mass is 276 g/mol. The van der Waals surface area contributed by atoms with Crippen LogP contribution in [0, 0.1) is 13.8 Å². The second kappa shape index (κ2) is 6.68. The highest BCUT2D eigenvalue weighted by Crippen LogP contribution is 2.25. The predicted molar refractivity (Wildman–Crippen MR) is 84.5 cm³/mol. The fourth-order valence-corrected chi connectivity index (χ4v) is 3.05. The number of nitrogens with one attached hydrogen (secondary N) is 1. The molecule has 0 bridgehead atoms. The van der Waals surface area contributed by atoms with Gasteiger partial charge in [-0.3, -0.25) is 11.3 Å². The van der Waals surface area contributed by atoms with E-state index in [2.05, 4.69) is 61.4 Å². The fourth-order valence-electron chi connectivity index (χ4n) is 3.05. The topological polar surface area (TPSA) is 44.5 Å². The quantitative estimate of drug-likeness (QED) is 0.645. The van der Waals surface area contributed by atoms with Gasteiger partial charge in [0, 0.05) is 31.7 Å². The fraction of sp³-hybridized carbons (Fsp3) is 0.625. The first-order chi connectivity index (χ1) is 9.51. The Bertz CT molecular complexity index is 446. The number of hydrogen-bond acceptors (Lipinski definition) is 4. The highest BCUT2D eigenvalue weighted by molar-refractivity contribution is 5.33. The molecule has 1 aliphatic heterocycles. The molecule has 0 amide bonds. The molecular formula is C16H28N4. The standard InChI is InChI=1S/C16H28N4/c1-12-5-6-13(2)15(9-12)16(18-17)10-14-11-19(3)7-8-20(14)4/h5-6,9,14,16,18H,7-8,10-11,17H2,1-4H3. The molecule has 0 spiro atoms. The Balaban J connectivity index is 2.13. The predicted octanol–water partition coefficient (Wildman–Crippen LogP) is 1.44. The molecule has 1 aromatic rings. The second-order valence-corrected chi connectivity index (χ2v) is 6.21. The first kappa shape index (κ1) is 15.4. The molecule has 2 atom stereocenters. The van der Waals surface area contributed by atoms with E-state index in [4.69, 9.17) is 5.84 Å². The van der Waals surface area contributed by atoms with Crippen molar-refractivity contribution in [3.63, 3.8) is 0 Å². The van der Waals surface area contributed by atoms with Crippen molar-refractivity contribution in [1.29, 1.82) is 0 Å². The number of benzene rings is 1. The number of hydrogen-bond donors (Lipinski definition) is 2. The average Bonchev–Trinajstić information content (AvgIpc) is 2.42. The van der Waals surface area contributed by atoms with E-state index in [-0.39, 0.29) is 6.04 Å². The molecule has 0 aromatic heterocycles. The van der Waals surface area contributed by atoms with Gasteiger partial charge in [-0.1, -0.05) is 23.8 Å². The van der Waals surface area contributed by atoms with Crippen LogP contribution in [0.2, 0.25) is 0 Å². The molecule has 1 aromatic carbocycles. The molecule has 2 rings (SSSR count). The van der Waals surface area contributed by atoms with E-state index in [1.807, 2.05) is 0 Å². The number of rotatable bonds is 4. The molecule has 1 saturated heterocycles. The average molecular weight is 276 g/mol. The Kier molecular flexibility index (Phi) is 5.16. The zero-order chi connectivity index (χ0) is 14.7. The molecule has 1 fully saturated rings. The van der Waals surface area contributed by atoms with Crippen molar-refractivity contribution < 1.29 is 0 Å². The number of likely N-dealkylation sites (N-methyl/N-ethyl adjacent to an activating group) is 2. The molecule has 112 valence electrons. The summed E-state index contributed by atoms with van der Waals surface area (Å²) < 4.78 is 0. The molecule has 4 heteroatoms. The lowest BCUT2D eigenvalue weighted by Gasteiger charge is -2.39. The second-order valence-electron chi connectivity index (χ2n) is 6.21. The summed E-state index contributed by atoms with van der Waals surface area (Å²) >= 11 is 0. The van der Waals surface area contributed by atoms with Gasteiger partial charge in [0.05, 0.1) is 0 Å². The van der Waals surface area contributed by atoms with Crippen molar-refractivity contribution in [2.45, 2.75) is 32.4 Å². The van der Waals surface area contributed by atoms with E-state index in [9.17, 15) is 0 Å². The van der Waals surface area contributed by atoms with E-state index >= 15 is 0 Å². The minimum absolute atomic E-state index is 0.217. The van der Waals surface area contributed by atoms with Crippen LogP contribution in [0.1, 0.15) is 29.2 Å². The van der Waals surface area contributed by atoms with Crippen molar-refractivity contribution in [2.75, 3.05) is 33.7 Å². The number of aryl methyl sites for hydroxylation is 2. The van der Waals surface area contributed by atoms with Crippen molar-refractivity contribution >= 4 is 0 Å². The van der Waals surface area contributed by atoms with Crippen LogP contribution in [0.3, 0.4) is 0 Å². The minimum atomic E-state index is 0.217. The number of nitrogens with two attached hydrogens (primary N) is 1. The Morgan fingerprint density at radius 3 is 2.75 bits per heavy atom. The molecule has 20 heavy (non-hydrogen) atoms. The smallest absolute Gasteiger partial charge is 0.0478 e. The first-order valence-corrected chi connectivity index (χ1v) is 7.43. The number of nitrogens with zero attached hydrogens (tertiary/aromatic N) is 2. The van der Waals surface area contributed by atoms with Gasteiger partial charge in [-0.05, 0) is 45.5 Å². The van der Waals surface area contributed by atoms with Crippen LogP contribution >= 0.6 is 0 Å². The lowest BCUT2D eigenvalue weighted by atomic mass is 9.93. The van der Waals surface area contributed by atoms with Crippen LogP contribution in [-0.2, 0) is 0 Å². The van der Waals surface area contributed by atoms with Crippen LogP contribution in [-0.4, -0.2) is 49.6 Å². The summed E-state index contributed by atoms with van der Waals surface area (Å²) in [6.07, 6.45) is 1.04. The normalized spacial score (nSPS) is 22.9. The highest BCUT2D eigenvalue weighted by atomic mass is 15.3. The van der Waals surface area contributed by atoms with E-state index in [1.165, 1.54) is 16.7 Å². The lowest BCUT2D eigenvalue weighted by Crippen LogP contribution is -2.51. The first-order valence-electron chi connectivity index (χ1n) is 7.43. The van der Waals surface area contributed by atoms with Gasteiger partial charge in [0.2, 0.25) is 0 Å². The van der Waals surface area contributed by atoms with Crippen molar-refractivity contribution in [2.24, 2.45) is 5.84 Å². The van der Waals surface area contributed by atoms with Gasteiger partial charge in [0.1, 0.15) is 0 Å². The largest absolute Gasteiger partial charge is 0.304 e. The lowest BCUT2D eigenvalue weighted by molar-refractivity contribution is 0.101. The SMILES string of the molecule is Cc1ccc(C)c(C(CC2CN(C)CCN2C)NN)c1. The summed E-state index contributed by atoms with van der Waals surface area (Å²) in [7, 11) is 4.41. The maximum Gasteiger partial charge on any atom is 0.0478 e. The summed E-state index contributed by atoms with van der Waals surface area (Å²) in [6.45, 7) is 7.69. The summed E-state index contributed by atoms with van der Waals surface area (Å²) in [5.41, 5.74) is 6.95. The molecular weight excluding hydrogens is 248 g/mol. The molecule has 0 saturated carbocycles. The summed E-state index contributed by atoms with van der Waals surface area (Å²) in [6, 6.07) is 7.37. The van der Waals surface area contributed by atoms with Gasteiger partial charge in [-0.2, -0.15) is 0 Å². The van der Waals surface area contributed by atoms with Gasteiger partial charge in [-0.15, -0.1) is 0 Å². The van der Waals surface area contributed by atoms with E-state index < -0.39 is 0 Å².